The molecule has 0 bridgehead atoms. The summed E-state index contributed by atoms with van der Waals surface area (Å²) < 4.78 is 19.2. The van der Waals surface area contributed by atoms with Crippen molar-refractivity contribution >= 4 is 23.0 Å². The van der Waals surface area contributed by atoms with Crippen molar-refractivity contribution in [3.05, 3.63) is 45.5 Å². The summed E-state index contributed by atoms with van der Waals surface area (Å²) in [5.74, 6) is 0.0138. The zero-order valence-electron chi connectivity index (χ0n) is 12.7. The Bertz CT molecular complexity index is 784. The van der Waals surface area contributed by atoms with Crippen LogP contribution in [0.1, 0.15) is 22.5 Å². The van der Waals surface area contributed by atoms with Crippen molar-refractivity contribution in [2.45, 2.75) is 20.8 Å². The Balaban J connectivity index is 2.62. The van der Waals surface area contributed by atoms with E-state index in [-0.39, 0.29) is 5.69 Å². The predicted octanol–water partition coefficient (Wildman–Crippen LogP) is 4.42. The van der Waals surface area contributed by atoms with Crippen LogP contribution in [-0.4, -0.2) is 12.1 Å². The number of rotatable bonds is 3. The Kier molecular flexibility index (Phi) is 4.53. The van der Waals surface area contributed by atoms with Crippen LogP contribution >= 0.6 is 11.6 Å². The van der Waals surface area contributed by atoms with E-state index < -0.39 is 5.82 Å². The molecule has 1 aromatic heterocycles. The number of aryl methyl sites for hydroxylation is 1. The number of pyridine rings is 1. The molecule has 1 N–H and O–H groups in total. The van der Waals surface area contributed by atoms with Gasteiger partial charge in [-0.15, -0.1) is 0 Å². The number of methoxy groups -OCH3 is 1. The van der Waals surface area contributed by atoms with E-state index in [0.29, 0.717) is 33.4 Å². The third-order valence-electron chi connectivity index (χ3n) is 3.41. The summed E-state index contributed by atoms with van der Waals surface area (Å²) in [6.07, 6.45) is 0. The maximum absolute atomic E-state index is 14.0. The number of benzene rings is 1. The molecule has 22 heavy (non-hydrogen) atoms. The fraction of sp³-hybridized carbons (Fsp3) is 0.250. The van der Waals surface area contributed by atoms with Crippen molar-refractivity contribution in [2.24, 2.45) is 0 Å². The molecule has 0 radical (unpaired) electrons. The van der Waals surface area contributed by atoms with Crippen LogP contribution in [0.3, 0.4) is 0 Å². The molecule has 1 aromatic carbocycles. The van der Waals surface area contributed by atoms with Crippen molar-refractivity contribution in [1.82, 2.24) is 4.98 Å². The minimum Gasteiger partial charge on any atom is -0.496 e. The minimum atomic E-state index is -0.403. The van der Waals surface area contributed by atoms with Gasteiger partial charge < -0.3 is 10.1 Å². The van der Waals surface area contributed by atoms with Gasteiger partial charge >= 0.3 is 0 Å². The molecule has 1 heterocycles. The number of nitrogens with one attached hydrogen (secondary N) is 1. The molecule has 0 saturated heterocycles. The molecule has 2 rings (SSSR count). The van der Waals surface area contributed by atoms with Gasteiger partial charge in [-0.1, -0.05) is 11.6 Å². The smallest absolute Gasteiger partial charge is 0.165 e. The minimum absolute atomic E-state index is 0.159. The first-order valence-corrected chi connectivity index (χ1v) is 6.94. The van der Waals surface area contributed by atoms with Crippen LogP contribution in [0, 0.1) is 37.9 Å². The lowest BCUT2D eigenvalue weighted by Crippen LogP contribution is -2.04. The second-order valence-corrected chi connectivity index (χ2v) is 5.30. The quantitative estimate of drug-likeness (QED) is 0.909. The van der Waals surface area contributed by atoms with Crippen LogP contribution in [0.15, 0.2) is 12.1 Å². The highest BCUT2D eigenvalue weighted by Gasteiger charge is 2.17. The molecule has 0 saturated carbocycles. The van der Waals surface area contributed by atoms with Gasteiger partial charge in [0.05, 0.1) is 23.5 Å². The highest BCUT2D eigenvalue weighted by Crippen LogP contribution is 2.36. The molecule has 0 aliphatic rings. The molecule has 4 nitrogen and oxygen atoms in total. The molecule has 6 heteroatoms. The molecule has 114 valence electrons. The summed E-state index contributed by atoms with van der Waals surface area (Å²) in [7, 11) is 1.47. The van der Waals surface area contributed by atoms with Gasteiger partial charge in [0.1, 0.15) is 17.6 Å². The lowest BCUT2D eigenvalue weighted by Gasteiger charge is -2.17. The number of aromatic nitrogens is 1. The van der Waals surface area contributed by atoms with Gasteiger partial charge in [0.15, 0.2) is 5.69 Å². The predicted molar refractivity (Wildman–Crippen MR) is 84.4 cm³/mol. The Hall–Kier alpha value is -2.32. The molecule has 0 aliphatic heterocycles. The van der Waals surface area contributed by atoms with E-state index in [1.54, 1.807) is 26.8 Å². The third kappa shape index (κ3) is 2.83. The van der Waals surface area contributed by atoms with Crippen LogP contribution in [0.4, 0.5) is 15.8 Å². The molecular formula is C16H15ClFN3O. The average molecular weight is 320 g/mol. The van der Waals surface area contributed by atoms with Crippen molar-refractivity contribution in [2.75, 3.05) is 12.4 Å². The molecule has 0 spiro atoms. The van der Waals surface area contributed by atoms with Crippen LogP contribution < -0.4 is 10.1 Å². The monoisotopic (exact) mass is 319 g/mol. The first kappa shape index (κ1) is 16.1. The molecule has 2 aromatic rings. The first-order valence-electron chi connectivity index (χ1n) is 6.57. The zero-order valence-corrected chi connectivity index (χ0v) is 13.5. The highest BCUT2D eigenvalue weighted by atomic mass is 35.5. The standard InChI is InChI=1S/C16H15ClFN3O/c1-8-5-11(17)16(13(7-19)20-8)21-15-9(2)12(18)6-14(22-4)10(15)3/h5-6,21H,1-4H3. The largest absolute Gasteiger partial charge is 0.496 e. The van der Waals surface area contributed by atoms with Gasteiger partial charge in [-0.05, 0) is 26.8 Å². The second-order valence-electron chi connectivity index (χ2n) is 4.89. The van der Waals surface area contributed by atoms with Gasteiger partial charge in [0.25, 0.3) is 0 Å². The fourth-order valence-corrected chi connectivity index (χ4v) is 2.51. The molecule has 0 unspecified atom stereocenters. The topological polar surface area (TPSA) is 57.9 Å². The molecule has 0 atom stereocenters. The third-order valence-corrected chi connectivity index (χ3v) is 3.71. The first-order chi connectivity index (χ1) is 10.4. The summed E-state index contributed by atoms with van der Waals surface area (Å²) in [6.45, 7) is 5.19. The summed E-state index contributed by atoms with van der Waals surface area (Å²) in [5.41, 5.74) is 2.81. The van der Waals surface area contributed by atoms with Crippen molar-refractivity contribution in [1.29, 1.82) is 5.26 Å². The molecular weight excluding hydrogens is 305 g/mol. The number of nitriles is 1. The Labute approximate surface area is 133 Å². The zero-order chi connectivity index (χ0) is 16.4. The summed E-state index contributed by atoms with van der Waals surface area (Å²) in [5, 5.41) is 12.6. The number of halogens is 2. The van der Waals surface area contributed by atoms with E-state index in [1.807, 2.05) is 6.07 Å². The number of hydrogen-bond donors (Lipinski definition) is 1. The lowest BCUT2D eigenvalue weighted by atomic mass is 10.1. The van der Waals surface area contributed by atoms with E-state index >= 15 is 0 Å². The van der Waals surface area contributed by atoms with E-state index in [4.69, 9.17) is 16.3 Å². The maximum atomic E-state index is 14.0. The van der Waals surface area contributed by atoms with E-state index in [9.17, 15) is 9.65 Å². The Morgan fingerprint density at radius 2 is 1.91 bits per heavy atom. The van der Waals surface area contributed by atoms with E-state index in [2.05, 4.69) is 10.3 Å². The van der Waals surface area contributed by atoms with Crippen LogP contribution in [0.5, 0.6) is 5.75 Å². The number of nitrogens with zero attached hydrogens (tertiary/aromatic N) is 2. The normalized spacial score (nSPS) is 10.2. The van der Waals surface area contributed by atoms with Gasteiger partial charge in [-0.2, -0.15) is 5.26 Å². The fourth-order valence-electron chi connectivity index (χ4n) is 2.21. The molecule has 0 amide bonds. The average Bonchev–Trinajstić information content (AvgIpc) is 2.48. The Morgan fingerprint density at radius 1 is 1.23 bits per heavy atom. The van der Waals surface area contributed by atoms with Crippen molar-refractivity contribution in [3.8, 4) is 11.8 Å². The second kappa shape index (κ2) is 6.20. The van der Waals surface area contributed by atoms with Gasteiger partial charge in [0.2, 0.25) is 0 Å². The number of ether oxygens (including phenoxy) is 1. The van der Waals surface area contributed by atoms with Crippen molar-refractivity contribution < 1.29 is 9.13 Å². The van der Waals surface area contributed by atoms with E-state index in [1.165, 1.54) is 13.2 Å². The Morgan fingerprint density at radius 3 is 2.50 bits per heavy atom. The number of anilines is 2. The number of hydrogen-bond acceptors (Lipinski definition) is 4. The SMILES string of the molecule is COc1cc(F)c(C)c(Nc2c(Cl)cc(C)nc2C#N)c1C. The molecule has 0 aliphatic carbocycles. The van der Waals surface area contributed by atoms with Crippen molar-refractivity contribution in [3.63, 3.8) is 0 Å². The summed E-state index contributed by atoms with van der Waals surface area (Å²) >= 11 is 6.20. The van der Waals surface area contributed by atoms with E-state index in [0.717, 1.165) is 5.56 Å². The van der Waals surface area contributed by atoms with Crippen LogP contribution in [-0.2, 0) is 0 Å². The summed E-state index contributed by atoms with van der Waals surface area (Å²) in [6, 6.07) is 4.97. The molecule has 0 fully saturated rings. The maximum Gasteiger partial charge on any atom is 0.165 e. The van der Waals surface area contributed by atoms with Gasteiger partial charge in [-0.25, -0.2) is 9.37 Å². The summed E-state index contributed by atoms with van der Waals surface area (Å²) in [4.78, 5) is 4.14. The van der Waals surface area contributed by atoms with Gasteiger partial charge in [-0.3, -0.25) is 0 Å². The lowest BCUT2D eigenvalue weighted by molar-refractivity contribution is 0.408. The van der Waals surface area contributed by atoms with Crippen LogP contribution in [0.25, 0.3) is 0 Å². The van der Waals surface area contributed by atoms with Crippen LogP contribution in [0.2, 0.25) is 5.02 Å². The van der Waals surface area contributed by atoms with Gasteiger partial charge in [0, 0.05) is 22.9 Å². The highest BCUT2D eigenvalue weighted by molar-refractivity contribution is 6.33.